The summed E-state index contributed by atoms with van der Waals surface area (Å²) in [6, 6.07) is 3.36. The molecule has 3 heterocycles. The van der Waals surface area contributed by atoms with Crippen LogP contribution in [0.5, 0.6) is 0 Å². The summed E-state index contributed by atoms with van der Waals surface area (Å²) in [4.78, 5) is 28.3. The topological polar surface area (TPSA) is 80.2 Å². The molecule has 7 heteroatoms. The summed E-state index contributed by atoms with van der Waals surface area (Å²) in [5.41, 5.74) is 3.13. The third-order valence-electron chi connectivity index (χ3n) is 4.96. The summed E-state index contributed by atoms with van der Waals surface area (Å²) in [5.74, 6) is 0.258. The molecule has 0 spiro atoms. The third-order valence-corrected chi connectivity index (χ3v) is 4.96. The fraction of sp³-hybridized carbons (Fsp3) is 0.474. The number of rotatable bonds is 4. The molecule has 1 saturated heterocycles. The fourth-order valence-corrected chi connectivity index (χ4v) is 3.62. The smallest absolute Gasteiger partial charge is 0.248 e. The zero-order valence-electron chi connectivity index (χ0n) is 14.7. The van der Waals surface area contributed by atoms with Crippen molar-refractivity contribution in [1.29, 1.82) is 0 Å². The SMILES string of the molecule is O=C(Nc1ncc2c(n1)CCCC2)C(c1cccnc1)N1CCOCC1. The normalized spacial score (nSPS) is 18.8. The van der Waals surface area contributed by atoms with Gasteiger partial charge in [0.2, 0.25) is 11.9 Å². The monoisotopic (exact) mass is 353 g/mol. The van der Waals surface area contributed by atoms with Crippen LogP contribution in [0.1, 0.15) is 35.7 Å². The van der Waals surface area contributed by atoms with Crippen LogP contribution in [0.15, 0.2) is 30.7 Å². The summed E-state index contributed by atoms with van der Waals surface area (Å²) in [5, 5.41) is 2.92. The van der Waals surface area contributed by atoms with Gasteiger partial charge in [0.1, 0.15) is 6.04 Å². The fourth-order valence-electron chi connectivity index (χ4n) is 3.62. The second-order valence-corrected chi connectivity index (χ2v) is 6.70. The van der Waals surface area contributed by atoms with E-state index in [-0.39, 0.29) is 5.91 Å². The van der Waals surface area contributed by atoms with Crippen molar-refractivity contribution in [2.24, 2.45) is 0 Å². The lowest BCUT2D eigenvalue weighted by atomic mass is 9.98. The molecular weight excluding hydrogens is 330 g/mol. The predicted molar refractivity (Wildman–Crippen MR) is 96.7 cm³/mol. The predicted octanol–water partition coefficient (Wildman–Crippen LogP) is 1.76. The van der Waals surface area contributed by atoms with E-state index in [1.807, 2.05) is 18.3 Å². The van der Waals surface area contributed by atoms with Crippen molar-refractivity contribution in [1.82, 2.24) is 19.9 Å². The van der Waals surface area contributed by atoms with Crippen LogP contribution in [0.3, 0.4) is 0 Å². The Hall–Kier alpha value is -2.38. The van der Waals surface area contributed by atoms with E-state index in [1.54, 1.807) is 12.4 Å². The first-order chi connectivity index (χ1) is 12.8. The molecule has 0 saturated carbocycles. The Bertz CT molecular complexity index is 762. The average Bonchev–Trinajstić information content (AvgIpc) is 2.70. The number of pyridine rings is 1. The summed E-state index contributed by atoms with van der Waals surface area (Å²) in [6.45, 7) is 2.66. The van der Waals surface area contributed by atoms with Gasteiger partial charge in [-0.1, -0.05) is 6.07 Å². The van der Waals surface area contributed by atoms with Crippen molar-refractivity contribution in [2.45, 2.75) is 31.7 Å². The minimum absolute atomic E-state index is 0.129. The van der Waals surface area contributed by atoms with Gasteiger partial charge in [-0.05, 0) is 42.9 Å². The highest BCUT2D eigenvalue weighted by molar-refractivity contribution is 5.94. The van der Waals surface area contributed by atoms with Gasteiger partial charge in [-0.2, -0.15) is 0 Å². The Morgan fingerprint density at radius 1 is 1.19 bits per heavy atom. The Kier molecular flexibility index (Phi) is 5.17. The van der Waals surface area contributed by atoms with E-state index < -0.39 is 6.04 Å². The van der Waals surface area contributed by atoms with Crippen molar-refractivity contribution in [3.05, 3.63) is 47.5 Å². The van der Waals surface area contributed by atoms with E-state index >= 15 is 0 Å². The molecule has 1 aliphatic heterocycles. The van der Waals surface area contributed by atoms with E-state index in [4.69, 9.17) is 4.74 Å². The number of nitrogens with zero attached hydrogens (tertiary/aromatic N) is 4. The van der Waals surface area contributed by atoms with E-state index in [1.165, 1.54) is 12.0 Å². The van der Waals surface area contributed by atoms with Gasteiger partial charge in [0.25, 0.3) is 0 Å². The minimum Gasteiger partial charge on any atom is -0.379 e. The van der Waals surface area contributed by atoms with Gasteiger partial charge in [-0.3, -0.25) is 20.0 Å². The number of hydrogen-bond donors (Lipinski definition) is 1. The van der Waals surface area contributed by atoms with E-state index in [0.717, 1.165) is 30.5 Å². The molecular formula is C19H23N5O2. The molecule has 4 rings (SSSR count). The highest BCUT2D eigenvalue weighted by Gasteiger charge is 2.30. The van der Waals surface area contributed by atoms with Crippen LogP contribution in [0.4, 0.5) is 5.95 Å². The molecule has 1 fully saturated rings. The van der Waals surface area contributed by atoms with Gasteiger partial charge >= 0.3 is 0 Å². The first-order valence-corrected chi connectivity index (χ1v) is 9.18. The summed E-state index contributed by atoms with van der Waals surface area (Å²) >= 11 is 0. The number of ether oxygens (including phenoxy) is 1. The maximum absolute atomic E-state index is 13.1. The second-order valence-electron chi connectivity index (χ2n) is 6.70. The molecule has 0 radical (unpaired) electrons. The van der Waals surface area contributed by atoms with Crippen LogP contribution in [0, 0.1) is 0 Å². The Labute approximate surface area is 152 Å². The van der Waals surface area contributed by atoms with Gasteiger partial charge in [0.05, 0.1) is 13.2 Å². The van der Waals surface area contributed by atoms with Gasteiger partial charge in [0.15, 0.2) is 0 Å². The molecule has 2 aromatic rings. The number of carbonyl (C=O) groups excluding carboxylic acids is 1. The number of amides is 1. The molecule has 26 heavy (non-hydrogen) atoms. The Morgan fingerprint density at radius 3 is 2.85 bits per heavy atom. The van der Waals surface area contributed by atoms with Gasteiger partial charge in [0, 0.05) is 37.4 Å². The highest BCUT2D eigenvalue weighted by Crippen LogP contribution is 2.24. The van der Waals surface area contributed by atoms with Crippen LogP contribution in [0.2, 0.25) is 0 Å². The lowest BCUT2D eigenvalue weighted by molar-refractivity contribution is -0.123. The second kappa shape index (κ2) is 7.88. The van der Waals surface area contributed by atoms with Crippen molar-refractivity contribution >= 4 is 11.9 Å². The molecule has 0 aromatic carbocycles. The number of nitrogens with one attached hydrogen (secondary N) is 1. The Balaban J connectivity index is 1.56. The minimum atomic E-state index is -0.424. The van der Waals surface area contributed by atoms with E-state index in [9.17, 15) is 4.79 Å². The zero-order chi connectivity index (χ0) is 17.8. The summed E-state index contributed by atoms with van der Waals surface area (Å²) < 4.78 is 5.43. The quantitative estimate of drug-likeness (QED) is 0.902. The molecule has 2 aromatic heterocycles. The molecule has 7 nitrogen and oxygen atoms in total. The van der Waals surface area contributed by atoms with Crippen molar-refractivity contribution in [3.63, 3.8) is 0 Å². The largest absolute Gasteiger partial charge is 0.379 e. The maximum atomic E-state index is 13.1. The van der Waals surface area contributed by atoms with Crippen molar-refractivity contribution in [2.75, 3.05) is 31.6 Å². The molecule has 1 atom stereocenters. The molecule has 136 valence electrons. The number of aryl methyl sites for hydroxylation is 2. The number of hydrogen-bond acceptors (Lipinski definition) is 6. The van der Waals surface area contributed by atoms with E-state index in [0.29, 0.717) is 32.3 Å². The van der Waals surface area contributed by atoms with Crippen LogP contribution in [-0.2, 0) is 22.4 Å². The molecule has 1 amide bonds. The number of carbonyl (C=O) groups is 1. The summed E-state index contributed by atoms with van der Waals surface area (Å²) in [6.07, 6.45) is 9.61. The lowest BCUT2D eigenvalue weighted by Gasteiger charge is -2.33. The standard InChI is InChI=1S/C19H23N5O2/c25-18(23-19-21-13-14-4-1-2-6-16(14)22-19)17(15-5-3-7-20-12-15)24-8-10-26-11-9-24/h3,5,7,12-13,17H,1-2,4,6,8-11H2,(H,21,22,23,25). The molecule has 1 aliphatic carbocycles. The van der Waals surface area contributed by atoms with Crippen molar-refractivity contribution < 1.29 is 9.53 Å². The number of fused-ring (bicyclic) bond motifs is 1. The number of anilines is 1. The molecule has 1 N–H and O–H groups in total. The zero-order valence-corrected chi connectivity index (χ0v) is 14.7. The molecule has 1 unspecified atom stereocenters. The first-order valence-electron chi connectivity index (χ1n) is 9.18. The Morgan fingerprint density at radius 2 is 2.04 bits per heavy atom. The van der Waals surface area contributed by atoms with E-state index in [2.05, 4.69) is 25.2 Å². The number of morpholine rings is 1. The molecule has 2 aliphatic rings. The average molecular weight is 353 g/mol. The van der Waals surface area contributed by atoms with Crippen LogP contribution in [0.25, 0.3) is 0 Å². The number of aromatic nitrogens is 3. The van der Waals surface area contributed by atoms with Crippen LogP contribution < -0.4 is 5.32 Å². The van der Waals surface area contributed by atoms with Gasteiger partial charge in [-0.15, -0.1) is 0 Å². The van der Waals surface area contributed by atoms with Gasteiger partial charge in [-0.25, -0.2) is 9.97 Å². The van der Waals surface area contributed by atoms with Crippen LogP contribution >= 0.6 is 0 Å². The maximum Gasteiger partial charge on any atom is 0.248 e. The lowest BCUT2D eigenvalue weighted by Crippen LogP contribution is -2.44. The van der Waals surface area contributed by atoms with Gasteiger partial charge < -0.3 is 4.74 Å². The molecule has 0 bridgehead atoms. The third kappa shape index (κ3) is 3.73. The van der Waals surface area contributed by atoms with Crippen LogP contribution in [-0.4, -0.2) is 52.1 Å². The first kappa shape index (κ1) is 17.1. The summed E-state index contributed by atoms with van der Waals surface area (Å²) in [7, 11) is 0. The highest BCUT2D eigenvalue weighted by atomic mass is 16.5. The van der Waals surface area contributed by atoms with Crippen molar-refractivity contribution in [3.8, 4) is 0 Å².